The molecule has 7 nitrogen and oxygen atoms in total. The van der Waals surface area contributed by atoms with Gasteiger partial charge in [0.1, 0.15) is 18.4 Å². The van der Waals surface area contributed by atoms with Crippen LogP contribution in [0.3, 0.4) is 0 Å². The molecule has 0 aromatic heterocycles. The second kappa shape index (κ2) is 15.1. The summed E-state index contributed by atoms with van der Waals surface area (Å²) < 4.78 is 44.2. The average molecular weight is 683 g/mol. The summed E-state index contributed by atoms with van der Waals surface area (Å²) in [6.45, 7) is -0.982. The number of sulfonamides is 1. The Morgan fingerprint density at radius 2 is 1.50 bits per heavy atom. The van der Waals surface area contributed by atoms with Gasteiger partial charge in [-0.3, -0.25) is 13.9 Å². The number of carbonyl (C=O) groups excluding carboxylic acids is 2. The molecule has 5 rings (SSSR count). The third-order valence-electron chi connectivity index (χ3n) is 8.06. The molecule has 46 heavy (non-hydrogen) atoms. The largest absolute Gasteiger partial charge is 0.352 e. The Kier molecular flexibility index (Phi) is 11.0. The van der Waals surface area contributed by atoms with Gasteiger partial charge in [0, 0.05) is 29.6 Å². The zero-order chi connectivity index (χ0) is 32.7. The number of benzene rings is 4. The first kappa shape index (κ1) is 33.4. The molecule has 0 aliphatic heterocycles. The number of anilines is 1. The van der Waals surface area contributed by atoms with E-state index >= 15 is 4.39 Å². The van der Waals surface area contributed by atoms with Crippen LogP contribution in [0.2, 0.25) is 10.0 Å². The van der Waals surface area contributed by atoms with Gasteiger partial charge in [-0.05, 0) is 54.8 Å². The van der Waals surface area contributed by atoms with E-state index in [1.54, 1.807) is 30.3 Å². The van der Waals surface area contributed by atoms with Crippen molar-refractivity contribution in [2.24, 2.45) is 0 Å². The van der Waals surface area contributed by atoms with Crippen LogP contribution in [0.1, 0.15) is 36.8 Å². The van der Waals surface area contributed by atoms with E-state index in [9.17, 15) is 18.0 Å². The van der Waals surface area contributed by atoms with E-state index < -0.39 is 34.3 Å². The third kappa shape index (κ3) is 8.07. The molecule has 0 spiro atoms. The van der Waals surface area contributed by atoms with Gasteiger partial charge in [0.15, 0.2) is 0 Å². The number of hydrogen-bond acceptors (Lipinski definition) is 4. The number of rotatable bonds is 12. The molecule has 0 saturated heterocycles. The van der Waals surface area contributed by atoms with Crippen LogP contribution in [-0.4, -0.2) is 43.8 Å². The predicted octanol–water partition coefficient (Wildman–Crippen LogP) is 7.03. The van der Waals surface area contributed by atoms with E-state index in [0.29, 0.717) is 0 Å². The molecule has 0 radical (unpaired) electrons. The lowest BCUT2D eigenvalue weighted by Gasteiger charge is -2.34. The molecular formula is C35H34Cl2FN3O4S. The number of amides is 2. The normalized spacial score (nSPS) is 14.1. The Bertz CT molecular complexity index is 1770. The minimum absolute atomic E-state index is 0.0141. The number of hydrogen-bond donors (Lipinski definition) is 1. The van der Waals surface area contributed by atoms with E-state index in [2.05, 4.69) is 5.32 Å². The van der Waals surface area contributed by atoms with Gasteiger partial charge in [0.05, 0.1) is 15.6 Å². The summed E-state index contributed by atoms with van der Waals surface area (Å²) in [4.78, 5) is 29.8. The van der Waals surface area contributed by atoms with Gasteiger partial charge < -0.3 is 10.2 Å². The van der Waals surface area contributed by atoms with Crippen LogP contribution in [0.15, 0.2) is 108 Å². The quantitative estimate of drug-likeness (QED) is 0.174. The van der Waals surface area contributed by atoms with Gasteiger partial charge in [-0.2, -0.15) is 0 Å². The second-order valence-corrected chi connectivity index (χ2v) is 13.9. The number of halogens is 3. The fraction of sp³-hybridized carbons (Fsp3) is 0.257. The summed E-state index contributed by atoms with van der Waals surface area (Å²) in [5, 5.41) is 3.39. The predicted molar refractivity (Wildman–Crippen MR) is 179 cm³/mol. The minimum Gasteiger partial charge on any atom is -0.352 e. The lowest BCUT2D eigenvalue weighted by molar-refractivity contribution is -0.140. The van der Waals surface area contributed by atoms with Crippen molar-refractivity contribution >= 4 is 50.7 Å². The van der Waals surface area contributed by atoms with Gasteiger partial charge >= 0.3 is 0 Å². The van der Waals surface area contributed by atoms with E-state index in [4.69, 9.17) is 23.2 Å². The Labute approximate surface area is 279 Å². The van der Waals surface area contributed by atoms with Crippen LogP contribution in [0.4, 0.5) is 10.1 Å². The molecule has 1 fully saturated rings. The van der Waals surface area contributed by atoms with Crippen LogP contribution in [0.5, 0.6) is 0 Å². The molecule has 11 heteroatoms. The maximum absolute atomic E-state index is 15.1. The summed E-state index contributed by atoms with van der Waals surface area (Å²) in [5.41, 5.74) is 1.00. The summed E-state index contributed by atoms with van der Waals surface area (Å²) in [6, 6.07) is 26.1. The lowest BCUT2D eigenvalue weighted by Crippen LogP contribution is -2.54. The van der Waals surface area contributed by atoms with Gasteiger partial charge in [0.25, 0.3) is 10.0 Å². The second-order valence-electron chi connectivity index (χ2n) is 11.2. The van der Waals surface area contributed by atoms with Crippen molar-refractivity contribution in [3.05, 3.63) is 130 Å². The molecular weight excluding hydrogens is 648 g/mol. The number of nitrogens with one attached hydrogen (secondary N) is 1. The molecule has 1 aliphatic rings. The minimum atomic E-state index is -4.34. The molecule has 240 valence electrons. The van der Waals surface area contributed by atoms with Crippen molar-refractivity contribution in [3.63, 3.8) is 0 Å². The van der Waals surface area contributed by atoms with Crippen LogP contribution in [0.25, 0.3) is 0 Å². The van der Waals surface area contributed by atoms with Gasteiger partial charge in [-0.1, -0.05) is 103 Å². The van der Waals surface area contributed by atoms with Crippen molar-refractivity contribution in [1.82, 2.24) is 10.2 Å². The Balaban J connectivity index is 1.59. The van der Waals surface area contributed by atoms with Gasteiger partial charge in [-0.25, -0.2) is 12.8 Å². The Morgan fingerprint density at radius 1 is 0.870 bits per heavy atom. The summed E-state index contributed by atoms with van der Waals surface area (Å²) in [5.74, 6) is -1.65. The molecule has 2 amide bonds. The van der Waals surface area contributed by atoms with E-state index in [-0.39, 0.29) is 51.1 Å². The summed E-state index contributed by atoms with van der Waals surface area (Å²) >= 11 is 12.6. The first-order valence-electron chi connectivity index (χ1n) is 15.0. The van der Waals surface area contributed by atoms with Crippen molar-refractivity contribution in [3.8, 4) is 0 Å². The van der Waals surface area contributed by atoms with Gasteiger partial charge in [0.2, 0.25) is 11.8 Å². The van der Waals surface area contributed by atoms with E-state index in [0.717, 1.165) is 35.6 Å². The highest BCUT2D eigenvalue weighted by Crippen LogP contribution is 2.33. The average Bonchev–Trinajstić information content (AvgIpc) is 3.56. The highest BCUT2D eigenvalue weighted by atomic mass is 35.5. The van der Waals surface area contributed by atoms with Crippen molar-refractivity contribution in [2.75, 3.05) is 10.8 Å². The zero-order valence-electron chi connectivity index (χ0n) is 25.0. The first-order chi connectivity index (χ1) is 22.1. The molecule has 1 aliphatic carbocycles. The molecule has 4 aromatic rings. The van der Waals surface area contributed by atoms with Gasteiger partial charge in [-0.15, -0.1) is 0 Å². The van der Waals surface area contributed by atoms with Crippen molar-refractivity contribution < 1.29 is 22.4 Å². The highest BCUT2D eigenvalue weighted by molar-refractivity contribution is 7.92. The maximum Gasteiger partial charge on any atom is 0.264 e. The Morgan fingerprint density at radius 3 is 2.15 bits per heavy atom. The molecule has 0 heterocycles. The standard InChI is InChI=1S/C35H34Cl2FN3O4S/c36-27-19-20-32(30(37)22-27)41(46(44,45)29-16-5-2-6-17-29)24-34(42)40(23-26-13-7-10-18-31(26)38)33(21-25-11-3-1-4-12-25)35(43)39-28-14-8-9-15-28/h1-7,10-13,16-20,22,28,33H,8-9,14-15,21,23-24H2,(H,39,43)/t33-/m1/s1. The van der Waals surface area contributed by atoms with E-state index in [1.807, 2.05) is 30.3 Å². The van der Waals surface area contributed by atoms with E-state index in [1.165, 1.54) is 47.4 Å². The third-order valence-corrected chi connectivity index (χ3v) is 10.4. The first-order valence-corrected chi connectivity index (χ1v) is 17.2. The molecule has 1 N–H and O–H groups in total. The fourth-order valence-electron chi connectivity index (χ4n) is 5.65. The smallest absolute Gasteiger partial charge is 0.264 e. The van der Waals surface area contributed by atoms with Crippen molar-refractivity contribution in [1.29, 1.82) is 0 Å². The van der Waals surface area contributed by atoms with Crippen LogP contribution < -0.4 is 9.62 Å². The fourth-order valence-corrected chi connectivity index (χ4v) is 7.66. The molecule has 0 unspecified atom stereocenters. The highest BCUT2D eigenvalue weighted by Gasteiger charge is 2.36. The Hall–Kier alpha value is -3.92. The molecule has 1 saturated carbocycles. The van der Waals surface area contributed by atoms with Crippen LogP contribution >= 0.6 is 23.2 Å². The summed E-state index contributed by atoms with van der Waals surface area (Å²) in [6.07, 6.45) is 3.75. The zero-order valence-corrected chi connectivity index (χ0v) is 27.3. The molecule has 0 bridgehead atoms. The lowest BCUT2D eigenvalue weighted by atomic mass is 10.0. The summed E-state index contributed by atoms with van der Waals surface area (Å²) in [7, 11) is -4.34. The van der Waals surface area contributed by atoms with Crippen molar-refractivity contribution in [2.45, 2.75) is 55.6 Å². The molecule has 1 atom stereocenters. The maximum atomic E-state index is 15.1. The van der Waals surface area contributed by atoms with Crippen LogP contribution in [0, 0.1) is 5.82 Å². The monoisotopic (exact) mass is 681 g/mol. The number of carbonyl (C=O) groups is 2. The number of nitrogens with zero attached hydrogens (tertiary/aromatic N) is 2. The topological polar surface area (TPSA) is 86.8 Å². The molecule has 4 aromatic carbocycles. The van der Waals surface area contributed by atoms with Crippen LogP contribution in [-0.2, 0) is 32.6 Å². The SMILES string of the molecule is O=C(NC1CCCC1)[C@@H](Cc1ccccc1)N(Cc1ccccc1F)C(=O)CN(c1ccc(Cl)cc1Cl)S(=O)(=O)c1ccccc1.